The molecule has 0 radical (unpaired) electrons. The largest absolute Gasteiger partial charge is 2.00 e. The normalized spacial score (nSPS) is 10.3. The van der Waals surface area contributed by atoms with Crippen molar-refractivity contribution in [3.05, 3.63) is 0 Å². The molecule has 0 atom stereocenters. The molecule has 0 heterocycles. The third-order valence-corrected chi connectivity index (χ3v) is 0. The van der Waals surface area contributed by atoms with Gasteiger partial charge in [-0.1, -0.05) is 0 Å². The zero-order chi connectivity index (χ0) is 18.0. The van der Waals surface area contributed by atoms with Gasteiger partial charge >= 0.3 is 129 Å². The fourth-order valence-corrected chi connectivity index (χ4v) is 0. The first kappa shape index (κ1) is 45.8. The van der Waals surface area contributed by atoms with Gasteiger partial charge in [-0.3, -0.25) is 0 Å². The standard InChI is InChI=1S/3Ca.4H3O4P/c;;;4*1-5(2,3)4/h;;;4*(H3,1,2,3,4)/q3*+2;;;;/p-6. The summed E-state index contributed by atoms with van der Waals surface area (Å²) < 4.78 is 34.9. The molecule has 0 aliphatic carbocycles. The maximum Gasteiger partial charge on any atom is 2.00 e. The van der Waals surface area contributed by atoms with E-state index in [1.165, 1.54) is 0 Å². The van der Waals surface area contributed by atoms with E-state index in [-0.39, 0.29) is 113 Å². The molecule has 0 aliphatic heterocycles. The van der Waals surface area contributed by atoms with Crippen molar-refractivity contribution in [1.82, 2.24) is 0 Å². The maximum atomic E-state index is 8.88. The summed E-state index contributed by atoms with van der Waals surface area (Å²) in [5.74, 6) is 0. The van der Waals surface area contributed by atoms with E-state index >= 15 is 0 Å². The molecule has 0 saturated heterocycles. The Morgan fingerprint density at radius 1 is 0.435 bits per heavy atom. The Morgan fingerprint density at radius 3 is 0.435 bits per heavy atom. The first-order chi connectivity index (χ1) is 8.00. The van der Waals surface area contributed by atoms with E-state index < -0.39 is 31.3 Å². The van der Waals surface area contributed by atoms with E-state index in [1.54, 1.807) is 0 Å². The van der Waals surface area contributed by atoms with Crippen molar-refractivity contribution < 1.29 is 77.0 Å². The van der Waals surface area contributed by atoms with Gasteiger partial charge in [0.1, 0.15) is 0 Å². The third kappa shape index (κ3) is 864. The van der Waals surface area contributed by atoms with Gasteiger partial charge in [-0.25, -0.2) is 9.13 Å². The summed E-state index contributed by atoms with van der Waals surface area (Å²) in [7, 11) is -20.1. The van der Waals surface area contributed by atoms with Crippen molar-refractivity contribution in [3.63, 3.8) is 0 Å². The van der Waals surface area contributed by atoms with E-state index in [2.05, 4.69) is 0 Å². The van der Waals surface area contributed by atoms with E-state index in [1.807, 2.05) is 0 Å². The Bertz CT molecular complexity index is 292. The second-order valence-corrected chi connectivity index (χ2v) is 5.76. The van der Waals surface area contributed by atoms with Gasteiger partial charge in [-0.15, -0.1) is 0 Å². The van der Waals surface area contributed by atoms with Crippen molar-refractivity contribution in [3.8, 4) is 0 Å². The molecule has 6 N–H and O–H groups in total. The minimum atomic E-state index is -5.39. The Balaban J connectivity index is -0.0000000284. The molecule has 23 heteroatoms. The van der Waals surface area contributed by atoms with Crippen LogP contribution in [-0.4, -0.2) is 143 Å². The predicted octanol–water partition coefficient (Wildman–Crippen LogP) is -8.65. The molecule has 0 rings (SSSR count). The predicted molar refractivity (Wildman–Crippen MR) is 61.0 cm³/mol. The number of phosphoric acid groups is 4. The molecule has 0 fully saturated rings. The Kier molecular flexibility index (Phi) is 41.7. The van der Waals surface area contributed by atoms with Gasteiger partial charge in [-0.2, -0.15) is 15.6 Å². The summed E-state index contributed by atoms with van der Waals surface area (Å²) in [6.45, 7) is 0. The fraction of sp³-hybridized carbons (Fsp3) is 0. The smallest absolute Gasteiger partial charge is 0.822 e. The van der Waals surface area contributed by atoms with Crippen LogP contribution in [0.15, 0.2) is 0 Å². The first-order valence-electron chi connectivity index (χ1n) is 3.03. The summed E-state index contributed by atoms with van der Waals surface area (Å²) >= 11 is 0. The van der Waals surface area contributed by atoms with Gasteiger partial charge in [0, 0.05) is 0 Å². The Labute approximate surface area is 217 Å². The van der Waals surface area contributed by atoms with Crippen LogP contribution in [0, 0.1) is 0 Å². The summed E-state index contributed by atoms with van der Waals surface area (Å²) in [5, 5.41) is 0. The van der Waals surface area contributed by atoms with Crippen LogP contribution in [0.5, 0.6) is 0 Å². The molecule has 0 aromatic rings. The minimum Gasteiger partial charge on any atom is -0.822 e. The molecule has 0 amide bonds. The summed E-state index contributed by atoms with van der Waals surface area (Å²) in [6.07, 6.45) is 0. The van der Waals surface area contributed by atoms with Gasteiger partial charge in [0.15, 0.2) is 0 Å². The van der Waals surface area contributed by atoms with Gasteiger partial charge < -0.3 is 67.9 Å². The topological polar surface area (TPSA) is 328 Å². The van der Waals surface area contributed by atoms with Crippen molar-refractivity contribution in [2.75, 3.05) is 0 Å². The molecule has 128 valence electrons. The molecule has 0 saturated carbocycles. The molecule has 16 nitrogen and oxygen atoms in total. The van der Waals surface area contributed by atoms with E-state index in [0.717, 1.165) is 0 Å². The quantitative estimate of drug-likeness (QED) is 0.131. The molecule has 23 heavy (non-hydrogen) atoms. The second kappa shape index (κ2) is 20.9. The van der Waals surface area contributed by atoms with E-state index in [0.29, 0.717) is 0 Å². The second-order valence-electron chi connectivity index (χ2n) is 1.92. The van der Waals surface area contributed by atoms with Crippen LogP contribution in [0.1, 0.15) is 0 Å². The monoisotopic (exact) mass is 506 g/mol. The van der Waals surface area contributed by atoms with E-state index in [9.17, 15) is 0 Å². The number of hydrogen-bond donors (Lipinski definition) is 6. The maximum absolute atomic E-state index is 8.88. The molecular formula is H6Ca3O16P4. The SMILES string of the molecule is O=P(O)(O)O.O=P(O)(O)O.O=P([O-])([O-])[O-].O=P([O-])([O-])[O-].[Ca+2].[Ca+2].[Ca+2]. The minimum absolute atomic E-state index is 0. The average molecular weight is 506 g/mol. The number of hydrogen-bond acceptors (Lipinski definition) is 10. The first-order valence-corrected chi connectivity index (χ1v) is 9.08. The average Bonchev–Trinajstić information content (AvgIpc) is 1.62. The van der Waals surface area contributed by atoms with Crippen LogP contribution < -0.4 is 29.4 Å². The number of rotatable bonds is 0. The third-order valence-electron chi connectivity index (χ3n) is 0. The summed E-state index contributed by atoms with van der Waals surface area (Å²) in [6, 6.07) is 0. The van der Waals surface area contributed by atoms with E-state index in [4.69, 9.17) is 77.0 Å². The zero-order valence-electron chi connectivity index (χ0n) is 10.7. The molecule has 0 aliphatic rings. The van der Waals surface area contributed by atoms with Crippen LogP contribution in [0.2, 0.25) is 0 Å². The van der Waals surface area contributed by atoms with Crippen molar-refractivity contribution in [2.45, 2.75) is 0 Å². The van der Waals surface area contributed by atoms with Crippen molar-refractivity contribution in [2.24, 2.45) is 0 Å². The Morgan fingerprint density at radius 2 is 0.435 bits per heavy atom. The van der Waals surface area contributed by atoms with Gasteiger partial charge in [0.25, 0.3) is 0 Å². The van der Waals surface area contributed by atoms with Crippen LogP contribution in [0.3, 0.4) is 0 Å². The van der Waals surface area contributed by atoms with Gasteiger partial charge in [0.2, 0.25) is 0 Å². The fourth-order valence-electron chi connectivity index (χ4n) is 0. The van der Waals surface area contributed by atoms with Gasteiger partial charge in [-0.05, 0) is 0 Å². The van der Waals surface area contributed by atoms with Crippen molar-refractivity contribution in [1.29, 1.82) is 0 Å². The molecule has 0 bridgehead atoms. The molecule has 0 unspecified atom stereocenters. The Hall–Kier alpha value is 4.22. The summed E-state index contributed by atoms with van der Waals surface area (Å²) in [5.41, 5.74) is 0. The summed E-state index contributed by atoms with van der Waals surface area (Å²) in [4.78, 5) is 94.4. The molecule has 0 aromatic carbocycles. The van der Waals surface area contributed by atoms with Gasteiger partial charge in [0.05, 0.1) is 0 Å². The zero-order valence-corrected chi connectivity index (χ0v) is 20.9. The van der Waals surface area contributed by atoms with Crippen LogP contribution >= 0.6 is 31.3 Å². The molecule has 0 aromatic heterocycles. The van der Waals surface area contributed by atoms with Crippen molar-refractivity contribution >= 4 is 145 Å². The molecule has 0 spiro atoms. The van der Waals surface area contributed by atoms with Crippen LogP contribution in [0.4, 0.5) is 0 Å². The van der Waals surface area contributed by atoms with Crippen LogP contribution in [0.25, 0.3) is 0 Å². The molecular weight excluding hydrogens is 500 g/mol. The van der Waals surface area contributed by atoms with Crippen LogP contribution in [-0.2, 0) is 18.3 Å².